The molecule has 2 unspecified atom stereocenters. The zero-order valence-electron chi connectivity index (χ0n) is 7.91. The van der Waals surface area contributed by atoms with Crippen molar-refractivity contribution in [3.05, 3.63) is 0 Å². The Morgan fingerprint density at radius 1 is 1.33 bits per heavy atom. The van der Waals surface area contributed by atoms with E-state index in [1.54, 1.807) is 0 Å². The van der Waals surface area contributed by atoms with E-state index >= 15 is 0 Å². The van der Waals surface area contributed by atoms with Crippen LogP contribution in [0.25, 0.3) is 0 Å². The largest absolute Gasteiger partial charge is 0.299 e. The van der Waals surface area contributed by atoms with Crippen molar-refractivity contribution in [2.75, 3.05) is 0 Å². The molecule has 2 heteroatoms. The van der Waals surface area contributed by atoms with E-state index in [0.29, 0.717) is 11.7 Å². The second-order valence-electron chi connectivity index (χ2n) is 4.92. The average Bonchev–Trinajstić information content (AvgIpc) is 2.20. The van der Waals surface area contributed by atoms with Crippen molar-refractivity contribution in [2.24, 2.45) is 16.7 Å². The standard InChI is InChI=1S/C10H16O.Au/c1-9(2)7-4-5-10(9,3)8(11)6-7;/h7H,4-6H2,1-3H3;. The Morgan fingerprint density at radius 2 is 1.92 bits per heavy atom. The van der Waals surface area contributed by atoms with E-state index in [1.807, 2.05) is 0 Å². The van der Waals surface area contributed by atoms with E-state index in [-0.39, 0.29) is 33.2 Å². The summed E-state index contributed by atoms with van der Waals surface area (Å²) in [4.78, 5) is 11.6. The normalized spacial score (nSPS) is 42.9. The van der Waals surface area contributed by atoms with Crippen molar-refractivity contribution in [1.82, 2.24) is 0 Å². The van der Waals surface area contributed by atoms with Gasteiger partial charge in [-0.3, -0.25) is 4.79 Å². The van der Waals surface area contributed by atoms with E-state index in [4.69, 9.17) is 0 Å². The summed E-state index contributed by atoms with van der Waals surface area (Å²) in [5.74, 6) is 1.19. The van der Waals surface area contributed by atoms with Crippen LogP contribution in [0.3, 0.4) is 0 Å². The third-order valence-electron chi connectivity index (χ3n) is 4.48. The zero-order valence-corrected chi connectivity index (χ0v) is 10.1. The molecule has 0 saturated heterocycles. The summed E-state index contributed by atoms with van der Waals surface area (Å²) < 4.78 is 0. The Hall–Kier alpha value is 0.410. The molecule has 0 heterocycles. The van der Waals surface area contributed by atoms with E-state index in [1.165, 1.54) is 6.42 Å². The first kappa shape index (κ1) is 10.5. The van der Waals surface area contributed by atoms with Gasteiger partial charge in [-0.1, -0.05) is 20.8 Å². The number of ketones is 1. The van der Waals surface area contributed by atoms with Crippen molar-refractivity contribution in [3.8, 4) is 0 Å². The summed E-state index contributed by atoms with van der Waals surface area (Å²) in [5, 5.41) is 0. The molecule has 2 rings (SSSR count). The fourth-order valence-electron chi connectivity index (χ4n) is 2.90. The Kier molecular flexibility index (Phi) is 2.36. The van der Waals surface area contributed by atoms with Gasteiger partial charge in [-0.2, -0.15) is 0 Å². The summed E-state index contributed by atoms with van der Waals surface area (Å²) >= 11 is 0. The molecule has 0 aromatic heterocycles. The number of fused-ring (bicyclic) bond motifs is 2. The predicted molar refractivity (Wildman–Crippen MR) is 44.2 cm³/mol. The van der Waals surface area contributed by atoms with Gasteiger partial charge in [0.05, 0.1) is 0 Å². The first-order valence-corrected chi connectivity index (χ1v) is 4.52. The number of hydrogen-bond donors (Lipinski definition) is 0. The van der Waals surface area contributed by atoms with E-state index < -0.39 is 0 Å². The molecule has 2 atom stereocenters. The van der Waals surface area contributed by atoms with Crippen LogP contribution in [-0.2, 0) is 27.2 Å². The summed E-state index contributed by atoms with van der Waals surface area (Å²) in [5.41, 5.74) is 0.307. The molecule has 0 amide bonds. The van der Waals surface area contributed by atoms with Gasteiger partial charge in [-0.05, 0) is 24.2 Å². The van der Waals surface area contributed by atoms with Crippen molar-refractivity contribution in [2.45, 2.75) is 40.0 Å². The van der Waals surface area contributed by atoms with Gasteiger partial charge in [0.2, 0.25) is 0 Å². The van der Waals surface area contributed by atoms with Crippen LogP contribution in [0.4, 0.5) is 0 Å². The van der Waals surface area contributed by atoms with Crippen molar-refractivity contribution in [1.29, 1.82) is 0 Å². The molecule has 0 spiro atoms. The van der Waals surface area contributed by atoms with Crippen LogP contribution in [0.1, 0.15) is 40.0 Å². The zero-order chi connectivity index (χ0) is 8.28. The summed E-state index contributed by atoms with van der Waals surface area (Å²) in [6.07, 6.45) is 3.25. The monoisotopic (exact) mass is 349 g/mol. The number of carbonyl (C=O) groups excluding carboxylic acids is 1. The molecule has 2 saturated carbocycles. The molecule has 73 valence electrons. The molecular weight excluding hydrogens is 333 g/mol. The minimum Gasteiger partial charge on any atom is -0.299 e. The quantitative estimate of drug-likeness (QED) is 0.614. The van der Waals surface area contributed by atoms with Gasteiger partial charge in [-0.15, -0.1) is 0 Å². The molecule has 12 heavy (non-hydrogen) atoms. The second kappa shape index (κ2) is 2.70. The Morgan fingerprint density at radius 3 is 2.08 bits per heavy atom. The Labute approximate surface area is 89.8 Å². The van der Waals surface area contributed by atoms with Crippen LogP contribution in [0, 0.1) is 16.7 Å². The molecule has 2 aliphatic carbocycles. The molecule has 1 radical (unpaired) electrons. The number of Topliss-reactive ketones (excluding diaryl/α,β-unsaturated/α-hetero) is 1. The molecule has 0 N–H and O–H groups in total. The maximum absolute atomic E-state index is 11.6. The fourth-order valence-corrected chi connectivity index (χ4v) is 2.90. The van der Waals surface area contributed by atoms with Gasteiger partial charge < -0.3 is 0 Å². The van der Waals surface area contributed by atoms with Gasteiger partial charge in [0.25, 0.3) is 0 Å². The molecule has 2 bridgehead atoms. The molecular formula is C10H16AuO. The van der Waals surface area contributed by atoms with Crippen molar-refractivity contribution in [3.63, 3.8) is 0 Å². The molecule has 2 aliphatic rings. The maximum atomic E-state index is 11.6. The Bertz CT molecular complexity index is 222. The fraction of sp³-hybridized carbons (Fsp3) is 0.900. The van der Waals surface area contributed by atoms with Crippen molar-refractivity contribution < 1.29 is 27.2 Å². The van der Waals surface area contributed by atoms with Crippen LogP contribution in [0.5, 0.6) is 0 Å². The van der Waals surface area contributed by atoms with Crippen LogP contribution >= 0.6 is 0 Å². The van der Waals surface area contributed by atoms with Crippen LogP contribution in [0.2, 0.25) is 0 Å². The van der Waals surface area contributed by atoms with Gasteiger partial charge >= 0.3 is 0 Å². The first-order valence-electron chi connectivity index (χ1n) is 4.52. The van der Waals surface area contributed by atoms with Crippen LogP contribution < -0.4 is 0 Å². The molecule has 1 nitrogen and oxygen atoms in total. The average molecular weight is 349 g/mol. The Balaban J connectivity index is 0.000000720. The van der Waals surface area contributed by atoms with E-state index in [0.717, 1.165) is 12.8 Å². The minimum absolute atomic E-state index is 0. The smallest absolute Gasteiger partial charge is 0.139 e. The summed E-state index contributed by atoms with van der Waals surface area (Å²) in [6.45, 7) is 6.67. The molecule has 0 aliphatic heterocycles. The number of rotatable bonds is 0. The van der Waals surface area contributed by atoms with Gasteiger partial charge in [0.1, 0.15) is 5.78 Å². The third kappa shape index (κ3) is 0.934. The van der Waals surface area contributed by atoms with Crippen LogP contribution in [0.15, 0.2) is 0 Å². The topological polar surface area (TPSA) is 17.1 Å². The summed E-state index contributed by atoms with van der Waals surface area (Å²) in [6, 6.07) is 0. The minimum atomic E-state index is 0. The molecule has 0 aromatic carbocycles. The third-order valence-corrected chi connectivity index (χ3v) is 4.48. The maximum Gasteiger partial charge on any atom is 0.139 e. The SMILES string of the molecule is CC12CCC(CC1=O)C2(C)C.[Au]. The first-order chi connectivity index (χ1) is 4.98. The van der Waals surface area contributed by atoms with Gasteiger partial charge in [-0.25, -0.2) is 0 Å². The molecule has 2 fully saturated rings. The molecule has 0 aromatic rings. The van der Waals surface area contributed by atoms with Gasteiger partial charge in [0, 0.05) is 34.2 Å². The van der Waals surface area contributed by atoms with Crippen LogP contribution in [-0.4, -0.2) is 5.78 Å². The van der Waals surface area contributed by atoms with Crippen molar-refractivity contribution >= 4 is 5.78 Å². The van der Waals surface area contributed by atoms with Gasteiger partial charge in [0.15, 0.2) is 0 Å². The number of carbonyl (C=O) groups is 1. The summed E-state index contributed by atoms with van der Waals surface area (Å²) in [7, 11) is 0. The van der Waals surface area contributed by atoms with E-state index in [9.17, 15) is 4.79 Å². The second-order valence-corrected chi connectivity index (χ2v) is 4.92. The predicted octanol–water partition coefficient (Wildman–Crippen LogP) is 2.40. The van der Waals surface area contributed by atoms with E-state index in [2.05, 4.69) is 20.8 Å². The number of hydrogen-bond acceptors (Lipinski definition) is 1.